The van der Waals surface area contributed by atoms with E-state index in [1.165, 1.54) is 17.3 Å². The summed E-state index contributed by atoms with van der Waals surface area (Å²) in [5.74, 6) is 0.0227. The summed E-state index contributed by atoms with van der Waals surface area (Å²) in [4.78, 5) is 43.9. The standard InChI is InChI=1S/C21H24N6O4/c1-13-18(14(2)31-25-13)10-24-9-17(8-22)27-19(28)12-26(21(27)30)11-15-5-4-6-16(7-15)20(29)23-3/h4-9H,10-12,22H2,1-3H3,(H,23,29). The smallest absolute Gasteiger partial charge is 0.332 e. The number of carbonyl (C=O) groups excluding carboxylic acids is 3. The SMILES string of the molecule is CNC(=O)c1cccc(CN2CC(=O)N(C(C=NCc3c(C)noc3C)=CN)C2=O)c1. The highest BCUT2D eigenvalue weighted by molar-refractivity contribution is 6.07. The van der Waals surface area contributed by atoms with Crippen LogP contribution in [0.5, 0.6) is 0 Å². The zero-order valence-electron chi connectivity index (χ0n) is 17.6. The Morgan fingerprint density at radius 3 is 2.77 bits per heavy atom. The van der Waals surface area contributed by atoms with Gasteiger partial charge in [0.05, 0.1) is 17.9 Å². The molecule has 0 radical (unpaired) electrons. The van der Waals surface area contributed by atoms with Gasteiger partial charge in [-0.1, -0.05) is 17.3 Å². The number of allylic oxidation sites excluding steroid dienone is 1. The fourth-order valence-corrected chi connectivity index (χ4v) is 3.24. The topological polar surface area (TPSA) is 134 Å². The van der Waals surface area contributed by atoms with Crippen molar-refractivity contribution in [2.75, 3.05) is 13.6 Å². The maximum Gasteiger partial charge on any atom is 0.332 e. The van der Waals surface area contributed by atoms with Gasteiger partial charge in [-0.25, -0.2) is 9.69 Å². The van der Waals surface area contributed by atoms with Crippen molar-refractivity contribution < 1.29 is 18.9 Å². The van der Waals surface area contributed by atoms with E-state index >= 15 is 0 Å². The van der Waals surface area contributed by atoms with Crippen LogP contribution in [0.3, 0.4) is 0 Å². The van der Waals surface area contributed by atoms with Crippen LogP contribution in [0.15, 0.2) is 45.7 Å². The zero-order valence-corrected chi connectivity index (χ0v) is 17.6. The summed E-state index contributed by atoms with van der Waals surface area (Å²) >= 11 is 0. The number of aromatic nitrogens is 1. The highest BCUT2D eigenvalue weighted by Gasteiger charge is 2.37. The second-order valence-corrected chi connectivity index (χ2v) is 7.01. The third-order valence-corrected chi connectivity index (χ3v) is 4.91. The number of rotatable bonds is 7. The predicted octanol–water partition coefficient (Wildman–Crippen LogP) is 1.49. The minimum absolute atomic E-state index is 0.0991. The van der Waals surface area contributed by atoms with E-state index in [-0.39, 0.29) is 31.2 Å². The van der Waals surface area contributed by atoms with Gasteiger partial charge in [0.1, 0.15) is 12.3 Å². The van der Waals surface area contributed by atoms with Gasteiger partial charge in [0.15, 0.2) is 0 Å². The molecule has 0 saturated carbocycles. The lowest BCUT2D eigenvalue weighted by atomic mass is 10.1. The molecule has 31 heavy (non-hydrogen) atoms. The Labute approximate surface area is 179 Å². The van der Waals surface area contributed by atoms with Crippen molar-refractivity contribution in [1.29, 1.82) is 0 Å². The van der Waals surface area contributed by atoms with Crippen molar-refractivity contribution in [3.05, 3.63) is 64.3 Å². The average Bonchev–Trinajstić information content (AvgIpc) is 3.23. The van der Waals surface area contributed by atoms with Crippen LogP contribution in [-0.2, 0) is 17.9 Å². The van der Waals surface area contributed by atoms with Gasteiger partial charge < -0.3 is 20.5 Å². The van der Waals surface area contributed by atoms with Crippen LogP contribution < -0.4 is 11.1 Å². The molecule has 0 aliphatic carbocycles. The number of nitrogens with one attached hydrogen (secondary N) is 1. The van der Waals surface area contributed by atoms with Gasteiger partial charge in [-0.15, -0.1) is 0 Å². The molecule has 0 bridgehead atoms. The minimum Gasteiger partial charge on any atom is -0.403 e. The summed E-state index contributed by atoms with van der Waals surface area (Å²) in [6.45, 7) is 3.96. The molecule has 1 aliphatic rings. The number of hydrogen-bond acceptors (Lipinski definition) is 7. The molecule has 1 saturated heterocycles. The lowest BCUT2D eigenvalue weighted by Crippen LogP contribution is -2.33. The molecule has 1 aromatic carbocycles. The van der Waals surface area contributed by atoms with E-state index in [4.69, 9.17) is 10.3 Å². The van der Waals surface area contributed by atoms with Crippen molar-refractivity contribution in [3.63, 3.8) is 0 Å². The van der Waals surface area contributed by atoms with Gasteiger partial charge >= 0.3 is 6.03 Å². The quantitative estimate of drug-likeness (QED) is 0.511. The number of aliphatic imine (C=N–C) groups is 1. The molecule has 0 spiro atoms. The first-order valence-corrected chi connectivity index (χ1v) is 9.62. The van der Waals surface area contributed by atoms with Gasteiger partial charge in [-0.05, 0) is 31.5 Å². The van der Waals surface area contributed by atoms with Crippen LogP contribution in [0.1, 0.15) is 32.9 Å². The normalized spacial score (nSPS) is 14.7. The summed E-state index contributed by atoms with van der Waals surface area (Å²) in [5.41, 5.74) is 8.63. The van der Waals surface area contributed by atoms with E-state index in [1.807, 2.05) is 6.92 Å². The van der Waals surface area contributed by atoms with Gasteiger partial charge in [-0.2, -0.15) is 0 Å². The zero-order chi connectivity index (χ0) is 22.5. The number of imide groups is 1. The van der Waals surface area contributed by atoms with Crippen molar-refractivity contribution in [3.8, 4) is 0 Å². The van der Waals surface area contributed by atoms with Crippen LogP contribution in [0, 0.1) is 13.8 Å². The Morgan fingerprint density at radius 2 is 2.13 bits per heavy atom. The van der Waals surface area contributed by atoms with Crippen molar-refractivity contribution >= 4 is 24.1 Å². The molecule has 162 valence electrons. The van der Waals surface area contributed by atoms with Crippen molar-refractivity contribution in [2.24, 2.45) is 10.7 Å². The van der Waals surface area contributed by atoms with Gasteiger partial charge in [-0.3, -0.25) is 14.6 Å². The fourth-order valence-electron chi connectivity index (χ4n) is 3.24. The molecule has 0 unspecified atom stereocenters. The molecule has 3 N–H and O–H groups in total. The number of aryl methyl sites for hydroxylation is 2. The van der Waals surface area contributed by atoms with E-state index in [0.717, 1.165) is 21.7 Å². The summed E-state index contributed by atoms with van der Waals surface area (Å²) in [7, 11) is 1.55. The Morgan fingerprint density at radius 1 is 1.35 bits per heavy atom. The van der Waals surface area contributed by atoms with Crippen LogP contribution in [-0.4, -0.2) is 52.6 Å². The summed E-state index contributed by atoms with van der Waals surface area (Å²) in [6.07, 6.45) is 2.56. The van der Waals surface area contributed by atoms with E-state index in [2.05, 4.69) is 15.5 Å². The third kappa shape index (κ3) is 4.63. The number of hydrogen-bond donors (Lipinski definition) is 2. The lowest BCUT2D eigenvalue weighted by Gasteiger charge is -2.17. The second kappa shape index (κ2) is 9.24. The van der Waals surface area contributed by atoms with E-state index < -0.39 is 11.9 Å². The van der Waals surface area contributed by atoms with Gasteiger partial charge in [0.25, 0.3) is 11.8 Å². The van der Waals surface area contributed by atoms with Gasteiger partial charge in [0, 0.05) is 37.1 Å². The molecule has 2 heterocycles. The highest BCUT2D eigenvalue weighted by Crippen LogP contribution is 2.19. The first kappa shape index (κ1) is 21.8. The number of benzene rings is 1. The average molecular weight is 424 g/mol. The summed E-state index contributed by atoms with van der Waals surface area (Å²) < 4.78 is 5.10. The van der Waals surface area contributed by atoms with Gasteiger partial charge in [0.2, 0.25) is 0 Å². The molecular formula is C21H24N6O4. The monoisotopic (exact) mass is 424 g/mol. The molecule has 10 heteroatoms. The number of nitrogens with zero attached hydrogens (tertiary/aromatic N) is 4. The third-order valence-electron chi connectivity index (χ3n) is 4.91. The Kier molecular flexibility index (Phi) is 6.49. The maximum atomic E-state index is 12.9. The molecule has 3 rings (SSSR count). The second-order valence-electron chi connectivity index (χ2n) is 7.01. The van der Waals surface area contributed by atoms with Crippen LogP contribution in [0.25, 0.3) is 0 Å². The first-order valence-electron chi connectivity index (χ1n) is 9.62. The fraction of sp³-hybridized carbons (Fsp3) is 0.286. The van der Waals surface area contributed by atoms with Crippen molar-refractivity contribution in [1.82, 2.24) is 20.3 Å². The number of nitrogens with two attached hydrogens (primary N) is 1. The van der Waals surface area contributed by atoms with Crippen LogP contribution >= 0.6 is 0 Å². The molecule has 2 aromatic rings. The minimum atomic E-state index is -0.504. The highest BCUT2D eigenvalue weighted by atomic mass is 16.5. The molecule has 4 amide bonds. The maximum absolute atomic E-state index is 12.9. The summed E-state index contributed by atoms with van der Waals surface area (Å²) in [5, 5.41) is 6.43. The molecule has 10 nitrogen and oxygen atoms in total. The number of urea groups is 1. The molecule has 1 aromatic heterocycles. The first-order chi connectivity index (χ1) is 14.8. The number of carbonyl (C=O) groups is 3. The van der Waals surface area contributed by atoms with E-state index in [1.54, 1.807) is 38.2 Å². The largest absolute Gasteiger partial charge is 0.403 e. The molecule has 1 fully saturated rings. The van der Waals surface area contributed by atoms with Crippen LogP contribution in [0.4, 0.5) is 4.79 Å². The summed E-state index contributed by atoms with van der Waals surface area (Å²) in [6, 6.07) is 6.38. The Bertz CT molecular complexity index is 1050. The number of amides is 4. The lowest BCUT2D eigenvalue weighted by molar-refractivity contribution is -0.123. The predicted molar refractivity (Wildman–Crippen MR) is 113 cm³/mol. The van der Waals surface area contributed by atoms with E-state index in [9.17, 15) is 14.4 Å². The Hall–Kier alpha value is -3.95. The Balaban J connectivity index is 1.71. The van der Waals surface area contributed by atoms with Crippen molar-refractivity contribution in [2.45, 2.75) is 26.9 Å². The van der Waals surface area contributed by atoms with E-state index in [0.29, 0.717) is 11.3 Å². The molecular weight excluding hydrogens is 400 g/mol. The molecule has 0 atom stereocenters. The molecule has 1 aliphatic heterocycles. The van der Waals surface area contributed by atoms with Crippen LogP contribution in [0.2, 0.25) is 0 Å².